The molecular weight excluding hydrogens is 353 g/mol. The van der Waals surface area contributed by atoms with Crippen LogP contribution in [0.1, 0.15) is 32.8 Å². The van der Waals surface area contributed by atoms with Gasteiger partial charge in [-0.25, -0.2) is 9.67 Å². The lowest BCUT2D eigenvalue weighted by molar-refractivity contribution is -0.161. The normalized spacial score (nSPS) is 14.2. The molecule has 0 saturated heterocycles. The summed E-state index contributed by atoms with van der Waals surface area (Å²) in [6, 6.07) is 4.70. The smallest absolute Gasteiger partial charge is 0.309 e. The summed E-state index contributed by atoms with van der Waals surface area (Å²) in [5, 5.41) is 15.8. The van der Waals surface area contributed by atoms with Gasteiger partial charge in [0.25, 0.3) is 0 Å². The highest BCUT2D eigenvalue weighted by atomic mass is 35.5. The van der Waals surface area contributed by atoms with Gasteiger partial charge in [-0.05, 0) is 32.9 Å². The van der Waals surface area contributed by atoms with Crippen LogP contribution in [-0.2, 0) is 21.7 Å². The fraction of sp³-hybridized carbons (Fsp3) is 0.438. The van der Waals surface area contributed by atoms with E-state index < -0.39 is 17.2 Å². The number of carbonyl (C=O) groups is 1. The molecule has 130 valence electrons. The van der Waals surface area contributed by atoms with Crippen LogP contribution < -0.4 is 0 Å². The number of rotatable bonds is 5. The number of hydrogen-bond acceptors (Lipinski definition) is 5. The predicted molar refractivity (Wildman–Crippen MR) is 90.8 cm³/mol. The molecule has 2 rings (SSSR count). The second-order valence-electron chi connectivity index (χ2n) is 6.51. The van der Waals surface area contributed by atoms with Crippen LogP contribution in [0.25, 0.3) is 0 Å². The van der Waals surface area contributed by atoms with Gasteiger partial charge in [-0.2, -0.15) is 5.10 Å². The summed E-state index contributed by atoms with van der Waals surface area (Å²) in [5.41, 5.74) is -1.90. The highest BCUT2D eigenvalue weighted by Gasteiger charge is 2.37. The summed E-state index contributed by atoms with van der Waals surface area (Å²) in [4.78, 5) is 16.1. The van der Waals surface area contributed by atoms with Crippen LogP contribution in [0, 0.1) is 0 Å². The van der Waals surface area contributed by atoms with E-state index in [4.69, 9.17) is 27.9 Å². The molecule has 0 aliphatic rings. The van der Waals surface area contributed by atoms with Crippen molar-refractivity contribution < 1.29 is 14.6 Å². The van der Waals surface area contributed by atoms with Gasteiger partial charge in [0.1, 0.15) is 23.9 Å². The van der Waals surface area contributed by atoms with Crippen molar-refractivity contribution in [1.29, 1.82) is 0 Å². The standard InChI is InChI=1S/C16H19Cl2N3O3/c1-15(2,3)24-14(22)7-16(23,8-21-10-19-9-20-21)12-5-4-11(17)6-13(12)18/h4-6,9-10,23H,7-8H2,1-3H3. The molecule has 0 spiro atoms. The lowest BCUT2D eigenvalue weighted by Gasteiger charge is -2.30. The van der Waals surface area contributed by atoms with Gasteiger partial charge in [0.05, 0.1) is 13.0 Å². The molecule has 0 aliphatic carbocycles. The molecule has 2 aromatic rings. The molecule has 8 heteroatoms. The first kappa shape index (κ1) is 18.7. The maximum atomic E-state index is 12.3. The molecule has 1 heterocycles. The van der Waals surface area contributed by atoms with E-state index in [0.717, 1.165) is 0 Å². The molecule has 0 fully saturated rings. The number of hydrogen-bond donors (Lipinski definition) is 1. The van der Waals surface area contributed by atoms with Crippen LogP contribution in [-0.4, -0.2) is 31.4 Å². The molecule has 0 radical (unpaired) electrons. The Labute approximate surface area is 150 Å². The van der Waals surface area contributed by atoms with Gasteiger partial charge in [0.2, 0.25) is 0 Å². The van der Waals surface area contributed by atoms with Gasteiger partial charge in [0, 0.05) is 15.6 Å². The molecule has 6 nitrogen and oxygen atoms in total. The molecule has 0 aliphatic heterocycles. The number of aliphatic hydroxyl groups is 1. The van der Waals surface area contributed by atoms with Gasteiger partial charge in [0.15, 0.2) is 0 Å². The Kier molecular flexibility index (Phi) is 5.52. The average molecular weight is 372 g/mol. The number of aromatic nitrogens is 3. The summed E-state index contributed by atoms with van der Waals surface area (Å²) in [7, 11) is 0. The molecule has 0 bridgehead atoms. The minimum absolute atomic E-state index is 0.00635. The van der Waals surface area contributed by atoms with Crippen LogP contribution in [0.3, 0.4) is 0 Å². The van der Waals surface area contributed by atoms with Crippen LogP contribution in [0.2, 0.25) is 10.0 Å². The maximum absolute atomic E-state index is 12.3. The largest absolute Gasteiger partial charge is 0.460 e. The van der Waals surface area contributed by atoms with E-state index in [2.05, 4.69) is 10.1 Å². The zero-order valence-electron chi connectivity index (χ0n) is 13.7. The first-order valence-corrected chi connectivity index (χ1v) is 8.07. The Morgan fingerprint density at radius 1 is 1.33 bits per heavy atom. The lowest BCUT2D eigenvalue weighted by atomic mass is 9.90. The van der Waals surface area contributed by atoms with Crippen molar-refractivity contribution in [2.75, 3.05) is 0 Å². The molecule has 24 heavy (non-hydrogen) atoms. The second-order valence-corrected chi connectivity index (χ2v) is 7.36. The third-order valence-corrected chi connectivity index (χ3v) is 3.73. The number of nitrogens with zero attached hydrogens (tertiary/aromatic N) is 3. The Morgan fingerprint density at radius 3 is 2.58 bits per heavy atom. The number of esters is 1. The first-order chi connectivity index (χ1) is 11.1. The molecule has 1 aromatic carbocycles. The Balaban J connectivity index is 2.35. The summed E-state index contributed by atoms with van der Waals surface area (Å²) >= 11 is 12.1. The van der Waals surface area contributed by atoms with Gasteiger partial charge >= 0.3 is 5.97 Å². The Morgan fingerprint density at radius 2 is 2.04 bits per heavy atom. The van der Waals surface area contributed by atoms with Gasteiger partial charge in [-0.3, -0.25) is 4.79 Å². The number of benzene rings is 1. The second kappa shape index (κ2) is 7.09. The third kappa shape index (κ3) is 4.93. The molecule has 1 N–H and O–H groups in total. The fourth-order valence-electron chi connectivity index (χ4n) is 2.30. The van der Waals surface area contributed by atoms with Gasteiger partial charge in [-0.15, -0.1) is 0 Å². The number of carbonyl (C=O) groups excluding carboxylic acids is 1. The van der Waals surface area contributed by atoms with E-state index in [1.54, 1.807) is 32.9 Å². The van der Waals surface area contributed by atoms with Crippen LogP contribution in [0.4, 0.5) is 0 Å². The number of halogens is 2. The Bertz CT molecular complexity index is 714. The molecule has 0 saturated carbocycles. The van der Waals surface area contributed by atoms with Crippen molar-refractivity contribution in [2.45, 2.75) is 44.9 Å². The minimum Gasteiger partial charge on any atom is -0.460 e. The average Bonchev–Trinajstić information content (AvgIpc) is 2.87. The summed E-state index contributed by atoms with van der Waals surface area (Å²) in [6.45, 7) is 5.28. The molecule has 0 amide bonds. The molecule has 1 atom stereocenters. The van der Waals surface area contributed by atoms with Crippen LogP contribution >= 0.6 is 23.2 Å². The van der Waals surface area contributed by atoms with E-state index in [9.17, 15) is 9.90 Å². The third-order valence-electron chi connectivity index (χ3n) is 3.18. The van der Waals surface area contributed by atoms with E-state index in [0.29, 0.717) is 10.6 Å². The minimum atomic E-state index is -1.61. The van der Waals surface area contributed by atoms with Gasteiger partial charge in [-0.1, -0.05) is 29.3 Å². The molecule has 1 aromatic heterocycles. The van der Waals surface area contributed by atoms with E-state index in [1.165, 1.54) is 23.4 Å². The SMILES string of the molecule is CC(C)(C)OC(=O)CC(O)(Cn1cncn1)c1ccc(Cl)cc1Cl. The van der Waals surface area contributed by atoms with Crippen molar-refractivity contribution in [3.8, 4) is 0 Å². The van der Waals surface area contributed by atoms with Crippen molar-refractivity contribution in [2.24, 2.45) is 0 Å². The van der Waals surface area contributed by atoms with Gasteiger partial charge < -0.3 is 9.84 Å². The zero-order valence-corrected chi connectivity index (χ0v) is 15.2. The summed E-state index contributed by atoms with van der Waals surface area (Å²) in [5.74, 6) is -0.545. The van der Waals surface area contributed by atoms with Crippen molar-refractivity contribution in [1.82, 2.24) is 14.8 Å². The zero-order chi connectivity index (χ0) is 18.0. The highest BCUT2D eigenvalue weighted by Crippen LogP contribution is 2.35. The summed E-state index contributed by atoms with van der Waals surface area (Å²) in [6.07, 6.45) is 2.51. The van der Waals surface area contributed by atoms with Crippen molar-refractivity contribution in [3.05, 3.63) is 46.5 Å². The van der Waals surface area contributed by atoms with E-state index in [1.807, 2.05) is 0 Å². The van der Waals surface area contributed by atoms with E-state index >= 15 is 0 Å². The van der Waals surface area contributed by atoms with Crippen LogP contribution in [0.5, 0.6) is 0 Å². The summed E-state index contributed by atoms with van der Waals surface area (Å²) < 4.78 is 6.75. The van der Waals surface area contributed by atoms with Crippen molar-refractivity contribution >= 4 is 29.2 Å². The number of ether oxygens (including phenoxy) is 1. The highest BCUT2D eigenvalue weighted by molar-refractivity contribution is 6.35. The topological polar surface area (TPSA) is 77.2 Å². The van der Waals surface area contributed by atoms with Crippen molar-refractivity contribution in [3.63, 3.8) is 0 Å². The first-order valence-electron chi connectivity index (χ1n) is 7.31. The molecular formula is C16H19Cl2N3O3. The lowest BCUT2D eigenvalue weighted by Crippen LogP contribution is -2.37. The van der Waals surface area contributed by atoms with Crippen LogP contribution in [0.15, 0.2) is 30.9 Å². The monoisotopic (exact) mass is 371 g/mol. The quantitative estimate of drug-likeness (QED) is 0.816. The fourth-order valence-corrected chi connectivity index (χ4v) is 2.89. The predicted octanol–water partition coefficient (Wildman–Crippen LogP) is 3.20. The maximum Gasteiger partial charge on any atom is 0.309 e. The molecule has 1 unspecified atom stereocenters. The van der Waals surface area contributed by atoms with E-state index in [-0.39, 0.29) is 18.0 Å². The Hall–Kier alpha value is -1.63.